The van der Waals surface area contributed by atoms with Gasteiger partial charge in [0.1, 0.15) is 23.2 Å². The monoisotopic (exact) mass is 391 g/mol. The van der Waals surface area contributed by atoms with E-state index in [0.717, 1.165) is 12.4 Å². The Kier molecular flexibility index (Phi) is 5.19. The van der Waals surface area contributed by atoms with E-state index in [-0.39, 0.29) is 35.3 Å². The molecule has 0 radical (unpaired) electrons. The lowest BCUT2D eigenvalue weighted by molar-refractivity contribution is 0.198. The average Bonchev–Trinajstić information content (AvgIpc) is 2.99. The molecule has 2 heterocycles. The number of rotatable bonds is 4. The van der Waals surface area contributed by atoms with Gasteiger partial charge in [0, 0.05) is 24.5 Å². The van der Waals surface area contributed by atoms with Crippen LogP contribution in [-0.2, 0) is 6.54 Å². The Balaban J connectivity index is 1.75. The predicted octanol–water partition coefficient (Wildman–Crippen LogP) is 3.33. The van der Waals surface area contributed by atoms with Crippen molar-refractivity contribution < 1.29 is 18.3 Å². The maximum Gasteiger partial charge on any atom is 0.414 e. The Morgan fingerprint density at radius 2 is 2.15 bits per heavy atom. The molecule has 0 aliphatic heterocycles. The van der Waals surface area contributed by atoms with Gasteiger partial charge in [0.15, 0.2) is 11.6 Å². The molecule has 138 valence electrons. The van der Waals surface area contributed by atoms with Gasteiger partial charge in [-0.25, -0.2) is 23.5 Å². The first-order valence-electron chi connectivity index (χ1n) is 7.72. The van der Waals surface area contributed by atoms with E-state index in [1.165, 1.54) is 16.7 Å². The van der Waals surface area contributed by atoms with Crippen molar-refractivity contribution in [3.63, 3.8) is 0 Å². The molecule has 0 bridgehead atoms. The van der Waals surface area contributed by atoms with Crippen molar-refractivity contribution in [2.24, 2.45) is 0 Å². The van der Waals surface area contributed by atoms with E-state index in [9.17, 15) is 18.8 Å². The number of nitrogens with one attached hydrogen (secondary N) is 1. The second-order valence-corrected chi connectivity index (χ2v) is 5.93. The number of hydrogen-bond donors (Lipinski definition) is 1. The molecule has 0 atom stereocenters. The molecule has 1 N–H and O–H groups in total. The van der Waals surface area contributed by atoms with Crippen molar-refractivity contribution in [3.05, 3.63) is 52.6 Å². The van der Waals surface area contributed by atoms with E-state index in [2.05, 4.69) is 15.3 Å². The molecule has 3 rings (SSSR count). The summed E-state index contributed by atoms with van der Waals surface area (Å²) in [6.07, 6.45) is 0.318. The molecule has 0 aliphatic carbocycles. The molecule has 0 aliphatic rings. The van der Waals surface area contributed by atoms with Crippen LogP contribution in [0.15, 0.2) is 24.5 Å². The lowest BCUT2D eigenvalue weighted by Crippen LogP contribution is -2.30. The number of aryl methyl sites for hydroxylation is 1. The van der Waals surface area contributed by atoms with Gasteiger partial charge in [-0.15, -0.1) is 0 Å². The van der Waals surface area contributed by atoms with Crippen LogP contribution < -0.4 is 10.1 Å². The van der Waals surface area contributed by atoms with Gasteiger partial charge in [-0.1, -0.05) is 11.6 Å². The quantitative estimate of drug-likeness (QED) is 0.688. The maximum absolute atomic E-state index is 14.3. The first kappa shape index (κ1) is 18.5. The Hall–Kier alpha value is -3.25. The Morgan fingerprint density at radius 1 is 1.37 bits per heavy atom. The van der Waals surface area contributed by atoms with Crippen LogP contribution in [-0.4, -0.2) is 27.2 Å². The van der Waals surface area contributed by atoms with Crippen LogP contribution in [0.3, 0.4) is 0 Å². The largest absolute Gasteiger partial charge is 0.414 e. The van der Waals surface area contributed by atoms with Crippen molar-refractivity contribution in [2.45, 2.75) is 13.5 Å². The zero-order valence-corrected chi connectivity index (χ0v) is 14.7. The maximum atomic E-state index is 14.3. The molecule has 10 heteroatoms. The number of ether oxygens (including phenoxy) is 1. The highest BCUT2D eigenvalue weighted by molar-refractivity contribution is 6.29. The number of amides is 1. The fourth-order valence-corrected chi connectivity index (χ4v) is 2.77. The summed E-state index contributed by atoms with van der Waals surface area (Å²) in [7, 11) is 0. The third-order valence-electron chi connectivity index (χ3n) is 3.81. The van der Waals surface area contributed by atoms with Crippen LogP contribution in [0, 0.1) is 29.9 Å². The van der Waals surface area contributed by atoms with E-state index in [0.29, 0.717) is 10.9 Å². The molecule has 0 saturated heterocycles. The summed E-state index contributed by atoms with van der Waals surface area (Å²) in [5.41, 5.74) is 0.629. The number of halogens is 3. The lowest BCUT2D eigenvalue weighted by Gasteiger charge is -2.10. The highest BCUT2D eigenvalue weighted by atomic mass is 35.5. The van der Waals surface area contributed by atoms with Crippen molar-refractivity contribution in [3.8, 4) is 11.9 Å². The Bertz CT molecular complexity index is 1080. The highest BCUT2D eigenvalue weighted by Crippen LogP contribution is 2.27. The molecular formula is C17H12ClF2N5O2. The van der Waals surface area contributed by atoms with Gasteiger partial charge in [0.25, 0.3) is 0 Å². The smallest absolute Gasteiger partial charge is 0.391 e. The predicted molar refractivity (Wildman–Crippen MR) is 92.4 cm³/mol. The summed E-state index contributed by atoms with van der Waals surface area (Å²) < 4.78 is 34.2. The van der Waals surface area contributed by atoms with Gasteiger partial charge in [-0.3, -0.25) is 0 Å². The second kappa shape index (κ2) is 7.55. The molecule has 1 aromatic carbocycles. The van der Waals surface area contributed by atoms with Gasteiger partial charge in [-0.2, -0.15) is 5.26 Å². The van der Waals surface area contributed by atoms with Gasteiger partial charge in [0.2, 0.25) is 5.88 Å². The third kappa shape index (κ3) is 3.80. The summed E-state index contributed by atoms with van der Waals surface area (Å²) in [6.45, 7) is 1.66. The fourth-order valence-electron chi connectivity index (χ4n) is 2.63. The number of fused-ring (bicyclic) bond motifs is 1. The second-order valence-electron chi connectivity index (χ2n) is 5.54. The van der Waals surface area contributed by atoms with Gasteiger partial charge >= 0.3 is 6.09 Å². The first-order chi connectivity index (χ1) is 12.9. The van der Waals surface area contributed by atoms with Crippen molar-refractivity contribution in [1.29, 1.82) is 5.26 Å². The molecule has 0 saturated carbocycles. The molecule has 2 aromatic heterocycles. The fraction of sp³-hybridized carbons (Fsp3) is 0.176. The normalized spacial score (nSPS) is 10.6. The minimum atomic E-state index is -1.05. The lowest BCUT2D eigenvalue weighted by atomic mass is 10.1. The van der Waals surface area contributed by atoms with E-state index in [1.54, 1.807) is 6.92 Å². The van der Waals surface area contributed by atoms with Crippen molar-refractivity contribution >= 4 is 28.6 Å². The minimum Gasteiger partial charge on any atom is -0.391 e. The summed E-state index contributed by atoms with van der Waals surface area (Å²) in [5, 5.41) is 12.3. The van der Waals surface area contributed by atoms with Crippen molar-refractivity contribution in [1.82, 2.24) is 19.9 Å². The van der Waals surface area contributed by atoms with Crippen LogP contribution in [0.1, 0.15) is 11.3 Å². The minimum absolute atomic E-state index is 0.00507. The number of nitriles is 1. The number of benzene rings is 1. The average molecular weight is 392 g/mol. The van der Waals surface area contributed by atoms with E-state index in [4.69, 9.17) is 16.3 Å². The SMILES string of the molecule is Cc1cc(F)c(F)c2c1cc(C#N)n2CCNC(=O)Oc1cc(Cl)ncn1. The van der Waals surface area contributed by atoms with Gasteiger partial charge < -0.3 is 14.6 Å². The molecule has 3 aromatic rings. The molecule has 0 spiro atoms. The van der Waals surface area contributed by atoms with Gasteiger partial charge in [-0.05, 0) is 24.6 Å². The summed E-state index contributed by atoms with van der Waals surface area (Å²) in [6, 6.07) is 5.76. The Morgan fingerprint density at radius 3 is 2.85 bits per heavy atom. The first-order valence-corrected chi connectivity index (χ1v) is 8.09. The molecule has 7 nitrogen and oxygen atoms in total. The molecule has 0 unspecified atom stereocenters. The van der Waals surface area contributed by atoms with Crippen LogP contribution >= 0.6 is 11.6 Å². The topological polar surface area (TPSA) is 92.8 Å². The molecule has 27 heavy (non-hydrogen) atoms. The van der Waals surface area contributed by atoms with E-state index in [1.807, 2.05) is 6.07 Å². The number of carbonyl (C=O) groups is 1. The number of nitrogens with zero attached hydrogens (tertiary/aromatic N) is 4. The zero-order chi connectivity index (χ0) is 19.6. The summed E-state index contributed by atoms with van der Waals surface area (Å²) in [4.78, 5) is 19.2. The third-order valence-corrected chi connectivity index (χ3v) is 4.01. The molecule has 0 fully saturated rings. The summed E-state index contributed by atoms with van der Waals surface area (Å²) in [5.74, 6) is -2.09. The summed E-state index contributed by atoms with van der Waals surface area (Å²) >= 11 is 5.67. The van der Waals surface area contributed by atoms with Gasteiger partial charge in [0.05, 0.1) is 5.52 Å². The van der Waals surface area contributed by atoms with E-state index >= 15 is 0 Å². The van der Waals surface area contributed by atoms with Crippen molar-refractivity contribution in [2.75, 3.05) is 6.54 Å². The zero-order valence-electron chi connectivity index (χ0n) is 14.0. The number of aromatic nitrogens is 3. The van der Waals surface area contributed by atoms with Crippen LogP contribution in [0.2, 0.25) is 5.15 Å². The van der Waals surface area contributed by atoms with Crippen LogP contribution in [0.5, 0.6) is 5.88 Å². The number of hydrogen-bond acceptors (Lipinski definition) is 5. The standard InChI is InChI=1S/C17H12ClF2N5O2/c1-9-4-12(19)15(20)16-11(9)5-10(7-21)25(16)3-2-22-17(26)27-14-6-13(18)23-8-24-14/h4-6,8H,2-3H2,1H3,(H,22,26). The molecule has 1 amide bonds. The Labute approximate surface area is 157 Å². The number of carbonyl (C=O) groups excluding carboxylic acids is 1. The molecular weight excluding hydrogens is 380 g/mol. The van der Waals surface area contributed by atoms with Crippen LogP contribution in [0.4, 0.5) is 13.6 Å². The van der Waals surface area contributed by atoms with Crippen LogP contribution in [0.25, 0.3) is 10.9 Å². The van der Waals surface area contributed by atoms with E-state index < -0.39 is 17.7 Å². The highest BCUT2D eigenvalue weighted by Gasteiger charge is 2.18.